The van der Waals surface area contributed by atoms with Crippen LogP contribution in [0.25, 0.3) is 10.6 Å². The predicted octanol–water partition coefficient (Wildman–Crippen LogP) is 3.12. The van der Waals surface area contributed by atoms with Crippen LogP contribution in [0.3, 0.4) is 0 Å². The van der Waals surface area contributed by atoms with Gasteiger partial charge in [0.05, 0.1) is 16.4 Å². The van der Waals surface area contributed by atoms with Crippen LogP contribution in [-0.4, -0.2) is 0 Å². The molecule has 2 aromatic rings. The summed E-state index contributed by atoms with van der Waals surface area (Å²) in [6, 6.07) is 5.61. The minimum atomic E-state index is 0.420. The molecule has 0 aliphatic rings. The number of halogens is 1. The van der Waals surface area contributed by atoms with Crippen LogP contribution in [0.2, 0.25) is 5.02 Å². The molecule has 0 fully saturated rings. The van der Waals surface area contributed by atoms with Crippen molar-refractivity contribution in [2.24, 2.45) is 5.73 Å². The molecule has 2 N–H and O–H groups in total. The number of hydrogen-bond acceptors (Lipinski definition) is 3. The van der Waals surface area contributed by atoms with Crippen LogP contribution in [0.15, 0.2) is 28.0 Å². The maximum atomic E-state index is 5.95. The monoisotopic (exact) mass is 213 g/mol. The predicted molar refractivity (Wildman–Crippen MR) is 54.9 cm³/mol. The molecule has 2 rings (SSSR count). The molecule has 0 spiro atoms. The molecule has 0 saturated heterocycles. The fourth-order valence-electron chi connectivity index (χ4n) is 1.08. The van der Waals surface area contributed by atoms with E-state index in [2.05, 4.69) is 0 Å². The zero-order chi connectivity index (χ0) is 9.26. The summed E-state index contributed by atoms with van der Waals surface area (Å²) >= 11 is 7.51. The summed E-state index contributed by atoms with van der Waals surface area (Å²) in [4.78, 5) is 0.960. The molecule has 0 unspecified atom stereocenters. The molecule has 2 aromatic heterocycles. The molecule has 0 saturated carbocycles. The summed E-state index contributed by atoms with van der Waals surface area (Å²) in [7, 11) is 0. The molecule has 0 atom stereocenters. The largest absolute Gasteiger partial charge is 0.459 e. The van der Waals surface area contributed by atoms with Crippen molar-refractivity contribution in [1.29, 1.82) is 0 Å². The molecule has 0 bridgehead atoms. The van der Waals surface area contributed by atoms with Gasteiger partial charge < -0.3 is 10.2 Å². The number of furan rings is 1. The highest BCUT2D eigenvalue weighted by molar-refractivity contribution is 7.14. The Bertz CT molecular complexity index is 407. The van der Waals surface area contributed by atoms with Crippen molar-refractivity contribution in [2.45, 2.75) is 6.54 Å². The van der Waals surface area contributed by atoms with Gasteiger partial charge in [-0.3, -0.25) is 0 Å². The van der Waals surface area contributed by atoms with E-state index in [1.807, 2.05) is 23.6 Å². The average molecular weight is 214 g/mol. The van der Waals surface area contributed by atoms with Gasteiger partial charge >= 0.3 is 0 Å². The summed E-state index contributed by atoms with van der Waals surface area (Å²) in [5.41, 5.74) is 5.43. The fourth-order valence-corrected chi connectivity index (χ4v) is 2.19. The summed E-state index contributed by atoms with van der Waals surface area (Å²) in [5, 5.41) is 2.66. The lowest BCUT2D eigenvalue weighted by Crippen LogP contribution is -1.92. The van der Waals surface area contributed by atoms with Crippen molar-refractivity contribution < 1.29 is 4.42 Å². The third-order valence-electron chi connectivity index (χ3n) is 1.70. The van der Waals surface area contributed by atoms with Gasteiger partial charge in [0.1, 0.15) is 11.5 Å². The van der Waals surface area contributed by atoms with Crippen LogP contribution in [0.5, 0.6) is 0 Å². The van der Waals surface area contributed by atoms with Gasteiger partial charge in [-0.15, -0.1) is 11.3 Å². The minimum Gasteiger partial charge on any atom is -0.459 e. The van der Waals surface area contributed by atoms with Crippen LogP contribution < -0.4 is 5.73 Å². The second-order valence-electron chi connectivity index (χ2n) is 2.57. The lowest BCUT2D eigenvalue weighted by Gasteiger charge is -1.92. The van der Waals surface area contributed by atoms with Gasteiger partial charge in [0, 0.05) is 0 Å². The fraction of sp³-hybridized carbons (Fsp3) is 0.111. The number of rotatable bonds is 2. The van der Waals surface area contributed by atoms with Crippen molar-refractivity contribution in [3.05, 3.63) is 34.4 Å². The first-order chi connectivity index (χ1) is 6.31. The highest BCUT2D eigenvalue weighted by atomic mass is 35.5. The van der Waals surface area contributed by atoms with Crippen molar-refractivity contribution in [1.82, 2.24) is 0 Å². The normalized spacial score (nSPS) is 10.6. The number of nitrogens with two attached hydrogens (primary N) is 1. The molecule has 2 nitrogen and oxygen atoms in total. The molecule has 0 aliphatic carbocycles. The first-order valence-electron chi connectivity index (χ1n) is 3.83. The van der Waals surface area contributed by atoms with Crippen LogP contribution in [0, 0.1) is 0 Å². The Morgan fingerprint density at radius 2 is 2.23 bits per heavy atom. The molecular weight excluding hydrogens is 206 g/mol. The van der Waals surface area contributed by atoms with Gasteiger partial charge in [-0.2, -0.15) is 0 Å². The van der Waals surface area contributed by atoms with Crippen LogP contribution in [0.4, 0.5) is 0 Å². The lowest BCUT2D eigenvalue weighted by atomic mass is 10.3. The molecule has 0 aliphatic heterocycles. The summed E-state index contributed by atoms with van der Waals surface area (Å²) in [6.07, 6.45) is 0. The standard InChI is InChI=1S/C9H8ClNOS/c10-7-3-4-13-9(7)8-2-1-6(5-11)12-8/h1-4H,5,11H2. The van der Waals surface area contributed by atoms with Crippen LogP contribution in [-0.2, 0) is 6.54 Å². The Balaban J connectivity index is 2.41. The van der Waals surface area contributed by atoms with Crippen molar-refractivity contribution in [2.75, 3.05) is 0 Å². The molecule has 0 amide bonds. The first-order valence-corrected chi connectivity index (χ1v) is 5.09. The van der Waals surface area contributed by atoms with Gasteiger partial charge in [-0.1, -0.05) is 11.6 Å². The summed E-state index contributed by atoms with van der Waals surface area (Å²) in [6.45, 7) is 0.420. The zero-order valence-electron chi connectivity index (χ0n) is 6.79. The van der Waals surface area contributed by atoms with Crippen LogP contribution in [0.1, 0.15) is 5.76 Å². The molecule has 68 valence electrons. The summed E-state index contributed by atoms with van der Waals surface area (Å²) in [5.74, 6) is 1.57. The van der Waals surface area contributed by atoms with Gasteiger partial charge in [0.25, 0.3) is 0 Å². The highest BCUT2D eigenvalue weighted by Crippen LogP contribution is 2.33. The number of thiophene rings is 1. The smallest absolute Gasteiger partial charge is 0.145 e. The Morgan fingerprint density at radius 1 is 1.38 bits per heavy atom. The van der Waals surface area contributed by atoms with Crippen molar-refractivity contribution in [3.63, 3.8) is 0 Å². The number of hydrogen-bond donors (Lipinski definition) is 1. The van der Waals surface area contributed by atoms with Gasteiger partial charge in [-0.25, -0.2) is 0 Å². The first kappa shape index (κ1) is 8.81. The van der Waals surface area contributed by atoms with E-state index in [9.17, 15) is 0 Å². The van der Waals surface area contributed by atoms with Crippen LogP contribution >= 0.6 is 22.9 Å². The molecule has 2 heterocycles. The third kappa shape index (κ3) is 1.63. The zero-order valence-corrected chi connectivity index (χ0v) is 8.36. The Labute approximate surface area is 84.9 Å². The Kier molecular flexibility index (Phi) is 2.40. The van der Waals surface area contributed by atoms with Gasteiger partial charge in [0.15, 0.2) is 0 Å². The lowest BCUT2D eigenvalue weighted by molar-refractivity contribution is 0.526. The van der Waals surface area contributed by atoms with Crippen molar-refractivity contribution in [3.8, 4) is 10.6 Å². The Hall–Kier alpha value is -0.770. The van der Waals surface area contributed by atoms with E-state index in [1.165, 1.54) is 0 Å². The minimum absolute atomic E-state index is 0.420. The molecule has 0 radical (unpaired) electrons. The Morgan fingerprint density at radius 3 is 2.77 bits per heavy atom. The van der Waals surface area contributed by atoms with Crippen molar-refractivity contribution >= 4 is 22.9 Å². The molecule has 4 heteroatoms. The highest BCUT2D eigenvalue weighted by Gasteiger charge is 2.08. The van der Waals surface area contributed by atoms with E-state index in [0.717, 1.165) is 21.4 Å². The van der Waals surface area contributed by atoms with E-state index < -0.39 is 0 Å². The SMILES string of the molecule is NCc1ccc(-c2sccc2Cl)o1. The maximum Gasteiger partial charge on any atom is 0.145 e. The topological polar surface area (TPSA) is 39.2 Å². The molecule has 0 aromatic carbocycles. The summed E-state index contributed by atoms with van der Waals surface area (Å²) < 4.78 is 5.46. The van der Waals surface area contributed by atoms with E-state index in [1.54, 1.807) is 11.3 Å². The molecular formula is C9H8ClNOS. The van der Waals surface area contributed by atoms with E-state index >= 15 is 0 Å². The van der Waals surface area contributed by atoms with Gasteiger partial charge in [0.2, 0.25) is 0 Å². The second kappa shape index (κ2) is 3.54. The second-order valence-corrected chi connectivity index (χ2v) is 3.89. The third-order valence-corrected chi connectivity index (χ3v) is 3.06. The van der Waals surface area contributed by atoms with E-state index in [0.29, 0.717) is 6.54 Å². The average Bonchev–Trinajstić information content (AvgIpc) is 2.71. The quantitative estimate of drug-likeness (QED) is 0.833. The van der Waals surface area contributed by atoms with E-state index in [-0.39, 0.29) is 0 Å². The van der Waals surface area contributed by atoms with E-state index in [4.69, 9.17) is 21.8 Å². The van der Waals surface area contributed by atoms with Gasteiger partial charge in [-0.05, 0) is 23.6 Å². The molecule has 13 heavy (non-hydrogen) atoms. The maximum absolute atomic E-state index is 5.95.